The van der Waals surface area contributed by atoms with Gasteiger partial charge in [-0.05, 0) is 35.0 Å². The number of methoxy groups -OCH3 is 2. The standard InChI is InChI=1S/C22H20N2O4S/c1-27-17-8-7-15-13-18(29-22(26)19(15)20(17)28-2)21(25)23-10-12-24-11-9-14-5-3-4-6-16(14)24/h3-9,11,13H,10,12H2,1-2H3,(H,23,25). The van der Waals surface area contributed by atoms with Crippen LogP contribution in [-0.2, 0) is 6.54 Å². The fourth-order valence-electron chi connectivity index (χ4n) is 3.42. The second-order valence-electron chi connectivity index (χ2n) is 6.49. The van der Waals surface area contributed by atoms with Gasteiger partial charge in [-0.25, -0.2) is 0 Å². The van der Waals surface area contributed by atoms with Crippen molar-refractivity contribution < 1.29 is 14.3 Å². The number of ether oxygens (including phenoxy) is 2. The summed E-state index contributed by atoms with van der Waals surface area (Å²) in [6.45, 7) is 1.11. The van der Waals surface area contributed by atoms with Crippen LogP contribution in [0.1, 0.15) is 9.67 Å². The van der Waals surface area contributed by atoms with Crippen LogP contribution in [0.2, 0.25) is 0 Å². The molecule has 0 bridgehead atoms. The number of nitrogens with one attached hydrogen (secondary N) is 1. The summed E-state index contributed by atoms with van der Waals surface area (Å²) in [5, 5.41) is 5.13. The number of carbonyl (C=O) groups is 1. The highest BCUT2D eigenvalue weighted by molar-refractivity contribution is 7.12. The van der Waals surface area contributed by atoms with Crippen LogP contribution in [0.5, 0.6) is 11.5 Å². The Hall–Kier alpha value is -3.32. The van der Waals surface area contributed by atoms with Crippen LogP contribution in [0.25, 0.3) is 21.7 Å². The van der Waals surface area contributed by atoms with Crippen molar-refractivity contribution >= 4 is 38.9 Å². The van der Waals surface area contributed by atoms with Crippen LogP contribution in [0.3, 0.4) is 0 Å². The molecule has 0 aliphatic carbocycles. The lowest BCUT2D eigenvalue weighted by Crippen LogP contribution is -2.27. The van der Waals surface area contributed by atoms with E-state index in [9.17, 15) is 9.59 Å². The Kier molecular flexibility index (Phi) is 5.22. The summed E-state index contributed by atoms with van der Waals surface area (Å²) in [5.41, 5.74) is 1.12. The monoisotopic (exact) mass is 408 g/mol. The van der Waals surface area contributed by atoms with E-state index in [1.165, 1.54) is 14.2 Å². The van der Waals surface area contributed by atoms with Gasteiger partial charge in [0, 0.05) is 24.8 Å². The van der Waals surface area contributed by atoms with Crippen LogP contribution < -0.4 is 19.5 Å². The third-order valence-corrected chi connectivity index (χ3v) is 5.73. The largest absolute Gasteiger partial charge is 0.493 e. The lowest BCUT2D eigenvalue weighted by Gasteiger charge is -2.11. The molecule has 0 aliphatic rings. The van der Waals surface area contributed by atoms with Gasteiger partial charge in [0.15, 0.2) is 11.5 Å². The van der Waals surface area contributed by atoms with Crippen molar-refractivity contribution in [3.8, 4) is 11.5 Å². The quantitative estimate of drug-likeness (QED) is 0.529. The molecule has 0 unspecified atom stereocenters. The fourth-order valence-corrected chi connectivity index (χ4v) is 4.28. The molecule has 4 rings (SSSR count). The van der Waals surface area contributed by atoms with E-state index in [0.717, 1.165) is 22.2 Å². The first-order valence-corrected chi connectivity index (χ1v) is 9.95. The number of hydrogen-bond donors (Lipinski definition) is 1. The number of benzene rings is 2. The Balaban J connectivity index is 1.53. The Morgan fingerprint density at radius 2 is 1.90 bits per heavy atom. The molecule has 7 heteroatoms. The molecule has 0 aliphatic heterocycles. The van der Waals surface area contributed by atoms with Crippen LogP contribution in [0, 0.1) is 0 Å². The van der Waals surface area contributed by atoms with Crippen LogP contribution in [-0.4, -0.2) is 31.2 Å². The van der Waals surface area contributed by atoms with Crippen molar-refractivity contribution in [2.75, 3.05) is 20.8 Å². The van der Waals surface area contributed by atoms with Crippen LogP contribution >= 0.6 is 11.3 Å². The predicted molar refractivity (Wildman–Crippen MR) is 115 cm³/mol. The minimum absolute atomic E-state index is 0.236. The smallest absolute Gasteiger partial charge is 0.261 e. The van der Waals surface area contributed by atoms with Gasteiger partial charge in [0.2, 0.25) is 4.74 Å². The highest BCUT2D eigenvalue weighted by Crippen LogP contribution is 2.34. The van der Waals surface area contributed by atoms with E-state index in [0.29, 0.717) is 40.2 Å². The Morgan fingerprint density at radius 3 is 2.69 bits per heavy atom. The highest BCUT2D eigenvalue weighted by atomic mass is 32.1. The maximum absolute atomic E-state index is 12.7. The molecule has 1 amide bonds. The molecule has 148 valence electrons. The van der Waals surface area contributed by atoms with Gasteiger partial charge in [-0.3, -0.25) is 9.59 Å². The van der Waals surface area contributed by atoms with Crippen molar-refractivity contribution in [1.29, 1.82) is 0 Å². The van der Waals surface area contributed by atoms with E-state index in [1.54, 1.807) is 18.2 Å². The molecule has 0 radical (unpaired) electrons. The average Bonchev–Trinajstić information content (AvgIpc) is 3.15. The molecule has 2 aromatic carbocycles. The molecule has 0 saturated heterocycles. The van der Waals surface area contributed by atoms with E-state index < -0.39 is 0 Å². The van der Waals surface area contributed by atoms with E-state index in [2.05, 4.69) is 16.0 Å². The topological polar surface area (TPSA) is 69.6 Å². The number of para-hydroxylation sites is 1. The number of carbonyl (C=O) groups excluding carboxylic acids is 1. The minimum Gasteiger partial charge on any atom is -0.493 e. The molecule has 0 fully saturated rings. The maximum Gasteiger partial charge on any atom is 0.261 e. The summed E-state index contributed by atoms with van der Waals surface area (Å²) in [4.78, 5) is 25.6. The Morgan fingerprint density at radius 1 is 1.07 bits per heavy atom. The number of aromatic nitrogens is 1. The lowest BCUT2D eigenvalue weighted by atomic mass is 10.1. The molecule has 29 heavy (non-hydrogen) atoms. The zero-order valence-electron chi connectivity index (χ0n) is 16.1. The molecule has 6 nitrogen and oxygen atoms in total. The normalized spacial score (nSPS) is 11.0. The van der Waals surface area contributed by atoms with Crippen molar-refractivity contribution in [3.05, 3.63) is 69.1 Å². The maximum atomic E-state index is 12.7. The van der Waals surface area contributed by atoms with E-state index in [1.807, 2.05) is 30.5 Å². The van der Waals surface area contributed by atoms with Crippen LogP contribution in [0.4, 0.5) is 0 Å². The summed E-state index contributed by atoms with van der Waals surface area (Å²) >= 11 is 0.904. The molecule has 2 aromatic heterocycles. The summed E-state index contributed by atoms with van der Waals surface area (Å²) in [6.07, 6.45) is 2.00. The minimum atomic E-state index is -0.264. The first kappa shape index (κ1) is 19.0. The van der Waals surface area contributed by atoms with E-state index in [-0.39, 0.29) is 10.6 Å². The second kappa shape index (κ2) is 7.97. The summed E-state index contributed by atoms with van der Waals surface area (Å²) < 4.78 is 12.5. The number of amides is 1. The van der Waals surface area contributed by atoms with Gasteiger partial charge in [-0.1, -0.05) is 35.6 Å². The SMILES string of the molecule is COc1ccc2cc(C(=O)NCCn3ccc4ccccc43)sc(=O)c2c1OC. The molecule has 4 aromatic rings. The van der Waals surface area contributed by atoms with E-state index >= 15 is 0 Å². The first-order valence-electron chi connectivity index (χ1n) is 9.13. The number of nitrogens with zero attached hydrogens (tertiary/aromatic N) is 1. The fraction of sp³-hybridized carbons (Fsp3) is 0.182. The highest BCUT2D eigenvalue weighted by Gasteiger charge is 2.16. The number of rotatable bonds is 6. The van der Waals surface area contributed by atoms with E-state index in [4.69, 9.17) is 9.47 Å². The average molecular weight is 408 g/mol. The molecule has 0 spiro atoms. The van der Waals surface area contributed by atoms with Gasteiger partial charge in [0.25, 0.3) is 5.91 Å². The third kappa shape index (κ3) is 3.56. The molecule has 2 heterocycles. The molecule has 0 atom stereocenters. The van der Waals surface area contributed by atoms with Gasteiger partial charge in [-0.2, -0.15) is 0 Å². The molecular weight excluding hydrogens is 388 g/mol. The van der Waals surface area contributed by atoms with Crippen molar-refractivity contribution in [1.82, 2.24) is 9.88 Å². The Labute approximate surface area is 171 Å². The van der Waals surface area contributed by atoms with Crippen molar-refractivity contribution in [2.45, 2.75) is 6.54 Å². The van der Waals surface area contributed by atoms with Crippen LogP contribution in [0.15, 0.2) is 59.5 Å². The number of hydrogen-bond acceptors (Lipinski definition) is 5. The zero-order chi connectivity index (χ0) is 20.4. The summed E-state index contributed by atoms with van der Waals surface area (Å²) in [6, 6.07) is 15.3. The van der Waals surface area contributed by atoms with Gasteiger partial charge >= 0.3 is 0 Å². The van der Waals surface area contributed by atoms with Gasteiger partial charge in [-0.15, -0.1) is 0 Å². The van der Waals surface area contributed by atoms with Gasteiger partial charge in [0.05, 0.1) is 24.5 Å². The van der Waals surface area contributed by atoms with Crippen molar-refractivity contribution in [2.24, 2.45) is 0 Å². The summed E-state index contributed by atoms with van der Waals surface area (Å²) in [7, 11) is 3.01. The first-order chi connectivity index (χ1) is 14.1. The molecule has 1 N–H and O–H groups in total. The van der Waals surface area contributed by atoms with Crippen molar-refractivity contribution in [3.63, 3.8) is 0 Å². The summed E-state index contributed by atoms with van der Waals surface area (Å²) in [5.74, 6) is 0.610. The van der Waals surface area contributed by atoms with Gasteiger partial charge in [0.1, 0.15) is 0 Å². The molecular formula is C22H20N2O4S. The second-order valence-corrected chi connectivity index (χ2v) is 7.50. The van der Waals surface area contributed by atoms with Gasteiger partial charge < -0.3 is 19.4 Å². The third-order valence-electron chi connectivity index (χ3n) is 4.81. The zero-order valence-corrected chi connectivity index (χ0v) is 16.9. The molecule has 0 saturated carbocycles. The Bertz CT molecular complexity index is 1260. The lowest BCUT2D eigenvalue weighted by molar-refractivity contribution is 0.0956. The number of fused-ring (bicyclic) bond motifs is 2. The predicted octanol–water partition coefficient (Wildman–Crippen LogP) is 3.66.